The number of esters is 2. The Morgan fingerprint density at radius 1 is 0.776 bits per heavy atom. The van der Waals surface area contributed by atoms with E-state index in [-0.39, 0.29) is 12.0 Å². The molecule has 0 unspecified atom stereocenters. The summed E-state index contributed by atoms with van der Waals surface area (Å²) in [5.41, 5.74) is 0.790. The number of hydrogen-bond donors (Lipinski definition) is 1. The highest BCUT2D eigenvalue weighted by Gasteiger charge is 2.58. The molecule has 1 amide bonds. The molecule has 1 saturated heterocycles. The molecule has 1 aliphatic heterocycles. The summed E-state index contributed by atoms with van der Waals surface area (Å²) in [5, 5.41) is 13.2. The van der Waals surface area contributed by atoms with Crippen LogP contribution in [0.5, 0.6) is 5.75 Å². The monoisotopic (exact) mass is 681 g/mol. The van der Waals surface area contributed by atoms with Crippen LogP contribution in [-0.2, 0) is 35.3 Å². The smallest absolute Gasteiger partial charge is 0.356 e. The molecule has 10 heteroatoms. The van der Waals surface area contributed by atoms with Gasteiger partial charge in [-0.25, -0.2) is 4.79 Å². The van der Waals surface area contributed by atoms with E-state index in [2.05, 4.69) is 0 Å². The Morgan fingerprint density at radius 3 is 1.69 bits per heavy atom. The first-order valence-corrected chi connectivity index (χ1v) is 17.8. The van der Waals surface area contributed by atoms with Crippen molar-refractivity contribution >= 4 is 51.8 Å². The van der Waals surface area contributed by atoms with Gasteiger partial charge in [-0.2, -0.15) is 0 Å². The number of nitrogens with zero attached hydrogens (tertiary/aromatic N) is 1. The van der Waals surface area contributed by atoms with Gasteiger partial charge in [0.1, 0.15) is 24.4 Å². The van der Waals surface area contributed by atoms with Gasteiger partial charge in [0.15, 0.2) is 5.78 Å². The van der Waals surface area contributed by atoms with E-state index >= 15 is 0 Å². The van der Waals surface area contributed by atoms with E-state index in [0.717, 1.165) is 15.9 Å². The lowest BCUT2D eigenvalue weighted by Gasteiger charge is -2.52. The standard InChI is InChI=1S/C39H40NO8P/c1-26(34(43)25-47-28(3)42)36-35(27(2)41)37(44)40(36)38(39(45)48-24-29-20-22-30(46-4)23-21-29)49(31-14-8-5-9-15-31,32-16-10-6-11-17-32)33-18-12-7-13-19-33/h5-23,26-27,35-36,41H,24-25H2,1-4H3/t26-,27+,35+,36+/m0/s1. The van der Waals surface area contributed by atoms with Crippen molar-refractivity contribution in [1.82, 2.24) is 4.90 Å². The largest absolute Gasteiger partial charge is 0.497 e. The first-order valence-electron chi connectivity index (χ1n) is 16.0. The van der Waals surface area contributed by atoms with E-state index in [1.807, 2.05) is 91.0 Å². The lowest BCUT2D eigenvalue weighted by atomic mass is 9.75. The van der Waals surface area contributed by atoms with Crippen molar-refractivity contribution in [2.75, 3.05) is 13.7 Å². The number of rotatable bonds is 13. The minimum atomic E-state index is -3.26. The lowest BCUT2D eigenvalue weighted by molar-refractivity contribution is -0.164. The maximum absolute atomic E-state index is 14.9. The van der Waals surface area contributed by atoms with Crippen molar-refractivity contribution in [3.8, 4) is 5.75 Å². The van der Waals surface area contributed by atoms with E-state index in [9.17, 15) is 24.3 Å². The molecule has 0 spiro atoms. The average molecular weight is 682 g/mol. The van der Waals surface area contributed by atoms with Crippen molar-refractivity contribution in [3.05, 3.63) is 121 Å². The van der Waals surface area contributed by atoms with Gasteiger partial charge in [-0.05, 0) is 40.5 Å². The molecule has 4 aromatic rings. The molecule has 0 radical (unpaired) electrons. The van der Waals surface area contributed by atoms with E-state index in [1.54, 1.807) is 38.3 Å². The highest BCUT2D eigenvalue weighted by atomic mass is 31.2. The number of Topliss-reactive ketones (excluding diaryl/α,β-unsaturated/α-hetero) is 1. The van der Waals surface area contributed by atoms with Gasteiger partial charge in [0.05, 0.1) is 25.2 Å². The van der Waals surface area contributed by atoms with Crippen molar-refractivity contribution in [2.24, 2.45) is 11.8 Å². The van der Waals surface area contributed by atoms with Crippen LogP contribution in [0, 0.1) is 11.8 Å². The molecule has 49 heavy (non-hydrogen) atoms. The Labute approximate surface area is 286 Å². The summed E-state index contributed by atoms with van der Waals surface area (Å²) < 4.78 is 16.4. The molecule has 0 aliphatic carbocycles. The topological polar surface area (TPSA) is 119 Å². The molecule has 5 rings (SSSR count). The van der Waals surface area contributed by atoms with Crippen molar-refractivity contribution < 1.29 is 38.5 Å². The zero-order valence-corrected chi connectivity index (χ0v) is 28.8. The first-order chi connectivity index (χ1) is 23.6. The van der Waals surface area contributed by atoms with E-state index in [1.165, 1.54) is 18.7 Å². The number of carbonyl (C=O) groups is 4. The van der Waals surface area contributed by atoms with Gasteiger partial charge in [-0.3, -0.25) is 14.4 Å². The molecule has 0 aromatic heterocycles. The van der Waals surface area contributed by atoms with Crippen molar-refractivity contribution in [2.45, 2.75) is 39.5 Å². The van der Waals surface area contributed by atoms with E-state index in [0.29, 0.717) is 11.3 Å². The van der Waals surface area contributed by atoms with Crippen LogP contribution in [0.4, 0.5) is 0 Å². The molecule has 4 atom stereocenters. The van der Waals surface area contributed by atoms with Crippen molar-refractivity contribution in [3.63, 3.8) is 0 Å². The predicted octanol–water partition coefficient (Wildman–Crippen LogP) is 3.84. The number of ether oxygens (including phenoxy) is 3. The number of amides is 1. The minimum Gasteiger partial charge on any atom is -0.497 e. The fraction of sp³-hybridized carbons (Fsp3) is 0.256. The molecule has 1 N–H and O–H groups in total. The van der Waals surface area contributed by atoms with Gasteiger partial charge < -0.3 is 24.2 Å². The van der Waals surface area contributed by atoms with Crippen LogP contribution in [0.1, 0.15) is 26.3 Å². The average Bonchev–Trinajstić information content (AvgIpc) is 3.12. The summed E-state index contributed by atoms with van der Waals surface area (Å²) in [6.45, 7) is 0.461. The Bertz CT molecular complexity index is 1740. The van der Waals surface area contributed by atoms with Crippen LogP contribution in [0.3, 0.4) is 0 Å². The number of aliphatic hydroxyl groups excluding tert-OH is 1. The second-order valence-electron chi connectivity index (χ2n) is 11.9. The van der Waals surface area contributed by atoms with Gasteiger partial charge in [0.25, 0.3) is 0 Å². The SMILES string of the molecule is COc1ccc(COC(=O)C(N2C(=O)[C@H]([C@@H](C)O)[C@H]2[C@@H](C)C(=O)COC(C)=O)=P(c2ccccc2)(c2ccccc2)c2ccccc2)cc1. The third kappa shape index (κ3) is 7.09. The molecule has 1 heterocycles. The molecular weight excluding hydrogens is 641 g/mol. The highest BCUT2D eigenvalue weighted by molar-refractivity contribution is 7.96. The summed E-state index contributed by atoms with van der Waals surface area (Å²) >= 11 is 0. The van der Waals surface area contributed by atoms with Gasteiger partial charge in [0.2, 0.25) is 5.91 Å². The summed E-state index contributed by atoms with van der Waals surface area (Å²) in [7, 11) is 1.56. The van der Waals surface area contributed by atoms with Gasteiger partial charge in [-0.15, -0.1) is 0 Å². The third-order valence-corrected chi connectivity index (χ3v) is 13.1. The van der Waals surface area contributed by atoms with Gasteiger partial charge in [-0.1, -0.05) is 110 Å². The predicted molar refractivity (Wildman–Crippen MR) is 190 cm³/mol. The van der Waals surface area contributed by atoms with Crippen LogP contribution >= 0.6 is 6.89 Å². The number of carbonyl (C=O) groups excluding carboxylic acids is 4. The minimum absolute atomic E-state index is 0.0867. The van der Waals surface area contributed by atoms with E-state index < -0.39 is 61.1 Å². The zero-order valence-electron chi connectivity index (χ0n) is 27.9. The summed E-state index contributed by atoms with van der Waals surface area (Å²) in [6, 6.07) is 34.7. The van der Waals surface area contributed by atoms with Crippen molar-refractivity contribution in [1.29, 1.82) is 0 Å². The van der Waals surface area contributed by atoms with Gasteiger partial charge >= 0.3 is 11.9 Å². The van der Waals surface area contributed by atoms with Crippen LogP contribution in [-0.4, -0.2) is 64.9 Å². The van der Waals surface area contributed by atoms with Crippen LogP contribution < -0.4 is 20.7 Å². The van der Waals surface area contributed by atoms with Crippen LogP contribution in [0.2, 0.25) is 0 Å². The number of likely N-dealkylation sites (tertiary alicyclic amines) is 1. The lowest BCUT2D eigenvalue weighted by Crippen LogP contribution is -2.71. The number of benzene rings is 4. The maximum Gasteiger partial charge on any atom is 0.356 e. The highest BCUT2D eigenvalue weighted by Crippen LogP contribution is 2.50. The first kappa shape index (κ1) is 35.3. The number of ketones is 1. The molecule has 0 saturated carbocycles. The Balaban J connectivity index is 1.82. The van der Waals surface area contributed by atoms with Crippen LogP contribution in [0.25, 0.3) is 0 Å². The van der Waals surface area contributed by atoms with E-state index in [4.69, 9.17) is 14.2 Å². The maximum atomic E-state index is 14.9. The Morgan fingerprint density at radius 2 is 1.27 bits per heavy atom. The van der Waals surface area contributed by atoms with Gasteiger partial charge in [0, 0.05) is 19.7 Å². The van der Waals surface area contributed by atoms with Crippen LogP contribution in [0.15, 0.2) is 115 Å². The zero-order chi connectivity index (χ0) is 35.1. The molecule has 254 valence electrons. The molecule has 9 nitrogen and oxygen atoms in total. The Hall–Kier alpha value is -4.98. The normalized spacial score (nSPS) is 16.9. The molecule has 1 aliphatic rings. The quantitative estimate of drug-likeness (QED) is 0.129. The third-order valence-electron chi connectivity index (χ3n) is 8.83. The summed E-state index contributed by atoms with van der Waals surface area (Å²) in [5.74, 6) is -3.56. The molecular formula is C39H40NO8P. The fourth-order valence-electron chi connectivity index (χ4n) is 6.40. The Kier molecular flexibility index (Phi) is 11.2. The second-order valence-corrected chi connectivity index (χ2v) is 15.2. The summed E-state index contributed by atoms with van der Waals surface area (Å²) in [4.78, 5) is 55.8. The second kappa shape index (κ2) is 15.5. The number of methoxy groups -OCH3 is 1. The molecule has 0 bridgehead atoms. The number of aliphatic hydroxyl groups is 1. The molecule has 4 aromatic carbocycles. The summed E-state index contributed by atoms with van der Waals surface area (Å²) in [6.07, 6.45) is -1.13. The number of hydrogen-bond acceptors (Lipinski definition) is 8. The number of β-lactam (4-membered cyclic amide) rings is 1. The fourth-order valence-corrected chi connectivity index (χ4v) is 10.8. The molecule has 1 fully saturated rings.